The smallest absolute Gasteiger partial charge is 0.125 e. The van der Waals surface area contributed by atoms with Crippen molar-refractivity contribution in [2.24, 2.45) is 0 Å². The topological polar surface area (TPSA) is 73.8 Å². The summed E-state index contributed by atoms with van der Waals surface area (Å²) in [5.74, 6) is 1.27. The normalized spacial score (nSPS) is 18.7. The zero-order valence-corrected chi connectivity index (χ0v) is 13.7. The number of aliphatic hydroxyl groups is 2. The standard InChI is InChI=1S/C17H28N2O3/c1-12-9-18-14-5-4-6-15(16(12)14)22-11-13(21)10-19-17(2,3)7-8-20/h4-6,12-13,18-21H,7-11H2,1-3H3. The number of rotatable bonds is 8. The van der Waals surface area contributed by atoms with E-state index in [1.807, 2.05) is 26.0 Å². The lowest BCUT2D eigenvalue weighted by atomic mass is 10.0. The predicted octanol–water partition coefficient (Wildman–Crippen LogP) is 1.71. The van der Waals surface area contributed by atoms with Crippen LogP contribution in [0, 0.1) is 0 Å². The van der Waals surface area contributed by atoms with Gasteiger partial charge in [0.15, 0.2) is 0 Å². The average Bonchev–Trinajstić information content (AvgIpc) is 2.85. The predicted molar refractivity (Wildman–Crippen MR) is 88.6 cm³/mol. The summed E-state index contributed by atoms with van der Waals surface area (Å²) in [7, 11) is 0. The van der Waals surface area contributed by atoms with Gasteiger partial charge in [-0.1, -0.05) is 13.0 Å². The summed E-state index contributed by atoms with van der Waals surface area (Å²) in [5.41, 5.74) is 2.13. The van der Waals surface area contributed by atoms with E-state index in [1.165, 1.54) is 5.56 Å². The Balaban J connectivity index is 1.85. The van der Waals surface area contributed by atoms with Crippen LogP contribution < -0.4 is 15.4 Å². The van der Waals surface area contributed by atoms with Crippen LogP contribution in [0.2, 0.25) is 0 Å². The Morgan fingerprint density at radius 1 is 1.45 bits per heavy atom. The Kier molecular flexibility index (Phi) is 5.67. The van der Waals surface area contributed by atoms with Crippen molar-refractivity contribution in [2.45, 2.75) is 44.8 Å². The van der Waals surface area contributed by atoms with Crippen LogP contribution >= 0.6 is 0 Å². The number of ether oxygens (including phenoxy) is 1. The highest BCUT2D eigenvalue weighted by molar-refractivity contribution is 5.63. The molecule has 5 heteroatoms. The number of hydrogen-bond acceptors (Lipinski definition) is 5. The van der Waals surface area contributed by atoms with Crippen LogP contribution in [-0.4, -0.2) is 48.2 Å². The highest BCUT2D eigenvalue weighted by Gasteiger charge is 2.23. The average molecular weight is 308 g/mol. The van der Waals surface area contributed by atoms with Crippen LogP contribution in [0.4, 0.5) is 5.69 Å². The van der Waals surface area contributed by atoms with Crippen LogP contribution in [0.1, 0.15) is 38.7 Å². The van der Waals surface area contributed by atoms with Crippen LogP contribution in [0.15, 0.2) is 18.2 Å². The summed E-state index contributed by atoms with van der Waals surface area (Å²) in [4.78, 5) is 0. The quantitative estimate of drug-likeness (QED) is 0.588. The number of fused-ring (bicyclic) bond motifs is 1. The first-order valence-corrected chi connectivity index (χ1v) is 7.96. The van der Waals surface area contributed by atoms with Gasteiger partial charge in [-0.3, -0.25) is 0 Å². The van der Waals surface area contributed by atoms with Gasteiger partial charge in [-0.25, -0.2) is 0 Å². The van der Waals surface area contributed by atoms with Gasteiger partial charge in [-0.05, 0) is 32.4 Å². The molecule has 0 amide bonds. The molecule has 0 fully saturated rings. The summed E-state index contributed by atoms with van der Waals surface area (Å²) in [6, 6.07) is 5.98. The number of β-amino-alcohol motifs (C(OH)–C–C–N with tert-alkyl or cyclic N) is 1. The molecule has 2 rings (SSSR count). The van der Waals surface area contributed by atoms with E-state index in [0.29, 0.717) is 18.9 Å². The summed E-state index contributed by atoms with van der Waals surface area (Å²) in [6.07, 6.45) is 0.0640. The number of anilines is 1. The molecule has 124 valence electrons. The zero-order valence-electron chi connectivity index (χ0n) is 13.7. The van der Waals surface area contributed by atoms with E-state index in [1.54, 1.807) is 0 Å². The van der Waals surface area contributed by atoms with Crippen molar-refractivity contribution in [3.05, 3.63) is 23.8 Å². The van der Waals surface area contributed by atoms with Crippen molar-refractivity contribution >= 4 is 5.69 Å². The lowest BCUT2D eigenvalue weighted by Crippen LogP contribution is -2.45. The number of nitrogens with one attached hydrogen (secondary N) is 2. The highest BCUT2D eigenvalue weighted by atomic mass is 16.5. The monoisotopic (exact) mass is 308 g/mol. The van der Waals surface area contributed by atoms with Gasteiger partial charge in [0, 0.05) is 42.4 Å². The van der Waals surface area contributed by atoms with E-state index in [2.05, 4.69) is 23.6 Å². The van der Waals surface area contributed by atoms with Crippen molar-refractivity contribution in [3.8, 4) is 5.75 Å². The second kappa shape index (κ2) is 7.31. The third-order valence-electron chi connectivity index (χ3n) is 4.14. The van der Waals surface area contributed by atoms with Crippen molar-refractivity contribution in [3.63, 3.8) is 0 Å². The van der Waals surface area contributed by atoms with Crippen molar-refractivity contribution in [2.75, 3.05) is 31.6 Å². The Morgan fingerprint density at radius 3 is 2.95 bits per heavy atom. The van der Waals surface area contributed by atoms with Gasteiger partial charge in [-0.2, -0.15) is 0 Å². The third kappa shape index (κ3) is 4.35. The SMILES string of the molecule is CC1CNc2cccc(OCC(O)CNC(C)(C)CCO)c21. The Hall–Kier alpha value is -1.30. The van der Waals surface area contributed by atoms with Crippen LogP contribution in [-0.2, 0) is 0 Å². The molecule has 1 aliphatic heterocycles. The minimum absolute atomic E-state index is 0.133. The van der Waals surface area contributed by atoms with Gasteiger partial charge in [0.25, 0.3) is 0 Å². The summed E-state index contributed by atoms with van der Waals surface area (Å²) < 4.78 is 5.83. The van der Waals surface area contributed by atoms with E-state index in [9.17, 15) is 5.11 Å². The van der Waals surface area contributed by atoms with E-state index in [-0.39, 0.29) is 18.8 Å². The van der Waals surface area contributed by atoms with Gasteiger partial charge in [0.05, 0.1) is 0 Å². The molecule has 0 aromatic heterocycles. The molecule has 2 unspecified atom stereocenters. The molecule has 4 N–H and O–H groups in total. The first kappa shape index (κ1) is 17.1. The molecule has 2 atom stereocenters. The molecular formula is C17H28N2O3. The van der Waals surface area contributed by atoms with Crippen LogP contribution in [0.3, 0.4) is 0 Å². The van der Waals surface area contributed by atoms with Crippen LogP contribution in [0.5, 0.6) is 5.75 Å². The summed E-state index contributed by atoms with van der Waals surface area (Å²) >= 11 is 0. The van der Waals surface area contributed by atoms with Crippen molar-refractivity contribution < 1.29 is 14.9 Å². The molecule has 0 spiro atoms. The Bertz CT molecular complexity index is 491. The van der Waals surface area contributed by atoms with E-state index in [4.69, 9.17) is 9.84 Å². The molecule has 0 saturated heterocycles. The first-order chi connectivity index (χ1) is 10.4. The number of benzene rings is 1. The highest BCUT2D eigenvalue weighted by Crippen LogP contribution is 2.38. The second-order valence-corrected chi connectivity index (χ2v) is 6.70. The van der Waals surface area contributed by atoms with Gasteiger partial charge in [-0.15, -0.1) is 0 Å². The van der Waals surface area contributed by atoms with Crippen molar-refractivity contribution in [1.29, 1.82) is 0 Å². The maximum absolute atomic E-state index is 10.1. The van der Waals surface area contributed by atoms with Gasteiger partial charge < -0.3 is 25.6 Å². The second-order valence-electron chi connectivity index (χ2n) is 6.70. The van der Waals surface area contributed by atoms with Crippen LogP contribution in [0.25, 0.3) is 0 Å². The molecule has 22 heavy (non-hydrogen) atoms. The number of hydrogen-bond donors (Lipinski definition) is 4. The summed E-state index contributed by atoms with van der Waals surface area (Å²) in [5, 5.41) is 25.7. The molecule has 5 nitrogen and oxygen atoms in total. The Labute approximate surface area is 132 Å². The molecule has 0 aliphatic carbocycles. The molecule has 1 aliphatic rings. The fraction of sp³-hybridized carbons (Fsp3) is 0.647. The van der Waals surface area contributed by atoms with Gasteiger partial charge >= 0.3 is 0 Å². The molecule has 0 saturated carbocycles. The van der Waals surface area contributed by atoms with E-state index >= 15 is 0 Å². The molecule has 0 bridgehead atoms. The Morgan fingerprint density at radius 2 is 2.23 bits per heavy atom. The van der Waals surface area contributed by atoms with E-state index < -0.39 is 6.10 Å². The van der Waals surface area contributed by atoms with Gasteiger partial charge in [0.2, 0.25) is 0 Å². The zero-order chi connectivity index (χ0) is 16.2. The molecule has 0 radical (unpaired) electrons. The molecule has 1 aromatic carbocycles. The molecule has 1 heterocycles. The molecule has 1 aromatic rings. The maximum atomic E-state index is 10.1. The minimum atomic E-state index is -0.585. The fourth-order valence-corrected chi connectivity index (χ4v) is 2.70. The lowest BCUT2D eigenvalue weighted by Gasteiger charge is -2.27. The first-order valence-electron chi connectivity index (χ1n) is 7.96. The summed E-state index contributed by atoms with van der Waals surface area (Å²) in [6.45, 7) is 7.94. The molecular weight excluding hydrogens is 280 g/mol. The maximum Gasteiger partial charge on any atom is 0.125 e. The van der Waals surface area contributed by atoms with Gasteiger partial charge in [0.1, 0.15) is 18.5 Å². The van der Waals surface area contributed by atoms with Crippen molar-refractivity contribution in [1.82, 2.24) is 5.32 Å². The third-order valence-corrected chi connectivity index (χ3v) is 4.14. The lowest BCUT2D eigenvalue weighted by molar-refractivity contribution is 0.0955. The number of aliphatic hydroxyl groups excluding tert-OH is 2. The minimum Gasteiger partial charge on any atom is -0.490 e. The van der Waals surface area contributed by atoms with E-state index in [0.717, 1.165) is 18.0 Å². The fourth-order valence-electron chi connectivity index (χ4n) is 2.70. The largest absolute Gasteiger partial charge is 0.490 e.